The van der Waals surface area contributed by atoms with Crippen LogP contribution in [0.3, 0.4) is 0 Å². The Kier molecular flexibility index (Phi) is 4.18. The predicted octanol–water partition coefficient (Wildman–Crippen LogP) is 3.48. The summed E-state index contributed by atoms with van der Waals surface area (Å²) in [6, 6.07) is 13.9. The van der Waals surface area contributed by atoms with Crippen molar-refractivity contribution in [3.63, 3.8) is 0 Å². The van der Waals surface area contributed by atoms with Crippen LogP contribution >= 0.6 is 0 Å². The van der Waals surface area contributed by atoms with Crippen LogP contribution in [0.15, 0.2) is 48.5 Å². The summed E-state index contributed by atoms with van der Waals surface area (Å²) in [5.74, 6) is 0.118. The van der Waals surface area contributed by atoms with E-state index in [-0.39, 0.29) is 5.75 Å². The molecular weight excluding hydrogens is 250 g/mol. The van der Waals surface area contributed by atoms with Gasteiger partial charge in [0.1, 0.15) is 5.75 Å². The quantitative estimate of drug-likeness (QED) is 0.813. The first kappa shape index (κ1) is 13.1. The molecule has 2 aromatic carbocycles. The lowest BCUT2D eigenvalue weighted by molar-refractivity contribution is -0.0493. The average Bonchev–Trinajstić information content (AvgIpc) is 2.39. The van der Waals surface area contributed by atoms with Crippen LogP contribution < -0.4 is 15.8 Å². The Morgan fingerprint density at radius 2 is 1.74 bits per heavy atom. The normalized spacial score (nSPS) is 10.5. The van der Waals surface area contributed by atoms with E-state index in [4.69, 9.17) is 5.73 Å². The number of nitrogen functional groups attached to an aromatic ring is 1. The highest BCUT2D eigenvalue weighted by Gasteiger charge is 2.08. The van der Waals surface area contributed by atoms with Gasteiger partial charge in [0.25, 0.3) is 0 Å². The van der Waals surface area contributed by atoms with Gasteiger partial charge in [-0.05, 0) is 23.8 Å². The third-order valence-corrected chi connectivity index (χ3v) is 2.63. The Hall–Kier alpha value is -2.30. The van der Waals surface area contributed by atoms with Crippen LogP contribution in [0.5, 0.6) is 5.75 Å². The molecule has 0 bridgehead atoms. The van der Waals surface area contributed by atoms with Gasteiger partial charge < -0.3 is 15.8 Å². The SMILES string of the molecule is Nc1ccccc1CNc1ccccc1OC(F)F. The molecule has 19 heavy (non-hydrogen) atoms. The van der Waals surface area contributed by atoms with Gasteiger partial charge in [0.05, 0.1) is 5.69 Å². The first-order valence-corrected chi connectivity index (χ1v) is 5.78. The molecule has 3 nitrogen and oxygen atoms in total. The number of alkyl halides is 2. The van der Waals surface area contributed by atoms with E-state index >= 15 is 0 Å². The molecule has 5 heteroatoms. The Morgan fingerprint density at radius 3 is 2.47 bits per heavy atom. The summed E-state index contributed by atoms with van der Waals surface area (Å²) < 4.78 is 29.0. The van der Waals surface area contributed by atoms with Crippen molar-refractivity contribution in [2.24, 2.45) is 0 Å². The molecule has 0 aliphatic heterocycles. The summed E-state index contributed by atoms with van der Waals surface area (Å²) in [7, 11) is 0. The van der Waals surface area contributed by atoms with Gasteiger partial charge in [0.2, 0.25) is 0 Å². The number of nitrogens with two attached hydrogens (primary N) is 1. The second-order valence-corrected chi connectivity index (χ2v) is 3.93. The zero-order chi connectivity index (χ0) is 13.7. The molecule has 0 amide bonds. The average molecular weight is 264 g/mol. The first-order valence-electron chi connectivity index (χ1n) is 5.78. The molecule has 3 N–H and O–H groups in total. The second kappa shape index (κ2) is 6.04. The van der Waals surface area contributed by atoms with Crippen molar-refractivity contribution in [1.29, 1.82) is 0 Å². The molecule has 0 fully saturated rings. The van der Waals surface area contributed by atoms with Crippen molar-refractivity contribution in [3.05, 3.63) is 54.1 Å². The number of halogens is 2. The van der Waals surface area contributed by atoms with Crippen LogP contribution in [0.25, 0.3) is 0 Å². The molecule has 2 rings (SSSR count). The number of para-hydroxylation sites is 3. The highest BCUT2D eigenvalue weighted by molar-refractivity contribution is 5.57. The second-order valence-electron chi connectivity index (χ2n) is 3.93. The minimum atomic E-state index is -2.84. The molecule has 0 unspecified atom stereocenters. The number of nitrogens with one attached hydrogen (secondary N) is 1. The molecule has 100 valence electrons. The number of benzene rings is 2. The van der Waals surface area contributed by atoms with E-state index in [0.717, 1.165) is 5.56 Å². The zero-order valence-electron chi connectivity index (χ0n) is 10.1. The van der Waals surface area contributed by atoms with Crippen molar-refractivity contribution < 1.29 is 13.5 Å². The summed E-state index contributed by atoms with van der Waals surface area (Å²) in [6.45, 7) is -2.40. The fraction of sp³-hybridized carbons (Fsp3) is 0.143. The van der Waals surface area contributed by atoms with E-state index in [0.29, 0.717) is 17.9 Å². The first-order chi connectivity index (χ1) is 9.16. The maximum Gasteiger partial charge on any atom is 0.387 e. The van der Waals surface area contributed by atoms with Crippen LogP contribution in [0.1, 0.15) is 5.56 Å². The largest absolute Gasteiger partial charge is 0.433 e. The van der Waals surface area contributed by atoms with Crippen molar-refractivity contribution in [2.75, 3.05) is 11.1 Å². The Morgan fingerprint density at radius 1 is 1.05 bits per heavy atom. The lowest BCUT2D eigenvalue weighted by Gasteiger charge is -2.13. The number of rotatable bonds is 5. The predicted molar refractivity (Wildman–Crippen MR) is 71.3 cm³/mol. The van der Waals surface area contributed by atoms with Crippen LogP contribution in [0.4, 0.5) is 20.2 Å². The molecule has 0 atom stereocenters. The standard InChI is InChI=1S/C14H14F2N2O/c15-14(16)19-13-8-4-3-7-12(13)18-9-10-5-1-2-6-11(10)17/h1-8,14,18H,9,17H2. The number of anilines is 2. The van der Waals surface area contributed by atoms with E-state index in [1.165, 1.54) is 6.07 Å². The van der Waals surface area contributed by atoms with Crippen LogP contribution in [0, 0.1) is 0 Å². The molecular formula is C14H14F2N2O. The van der Waals surface area contributed by atoms with Crippen molar-refractivity contribution in [3.8, 4) is 5.75 Å². The molecule has 0 heterocycles. The third-order valence-electron chi connectivity index (χ3n) is 2.63. The van der Waals surface area contributed by atoms with E-state index in [9.17, 15) is 8.78 Å². The van der Waals surface area contributed by atoms with Crippen LogP contribution in [-0.2, 0) is 6.54 Å². The minimum Gasteiger partial charge on any atom is -0.433 e. The van der Waals surface area contributed by atoms with Gasteiger partial charge >= 0.3 is 6.61 Å². The molecule has 0 aromatic heterocycles. The highest BCUT2D eigenvalue weighted by atomic mass is 19.3. The Labute approximate surface area is 110 Å². The molecule has 0 aliphatic rings. The van der Waals surface area contributed by atoms with Gasteiger partial charge in [-0.25, -0.2) is 0 Å². The molecule has 0 spiro atoms. The fourth-order valence-corrected chi connectivity index (χ4v) is 1.70. The summed E-state index contributed by atoms with van der Waals surface area (Å²) in [5, 5.41) is 3.04. The van der Waals surface area contributed by atoms with E-state index in [2.05, 4.69) is 10.1 Å². The lowest BCUT2D eigenvalue weighted by atomic mass is 10.2. The van der Waals surface area contributed by atoms with E-state index in [1.807, 2.05) is 18.2 Å². The topological polar surface area (TPSA) is 47.3 Å². The van der Waals surface area contributed by atoms with Gasteiger partial charge in [-0.3, -0.25) is 0 Å². The van der Waals surface area contributed by atoms with Crippen molar-refractivity contribution in [1.82, 2.24) is 0 Å². The van der Waals surface area contributed by atoms with E-state index < -0.39 is 6.61 Å². The van der Waals surface area contributed by atoms with Crippen molar-refractivity contribution in [2.45, 2.75) is 13.2 Å². The minimum absolute atomic E-state index is 0.118. The number of hydrogen-bond acceptors (Lipinski definition) is 3. The van der Waals surface area contributed by atoms with Gasteiger partial charge in [-0.1, -0.05) is 30.3 Å². The Bertz CT molecular complexity index is 546. The zero-order valence-corrected chi connectivity index (χ0v) is 10.1. The summed E-state index contributed by atoms with van der Waals surface area (Å²) in [6.07, 6.45) is 0. The molecule has 0 saturated heterocycles. The van der Waals surface area contributed by atoms with Gasteiger partial charge in [-0.15, -0.1) is 0 Å². The summed E-state index contributed by atoms with van der Waals surface area (Å²) in [5.41, 5.74) is 7.87. The number of ether oxygens (including phenoxy) is 1. The molecule has 0 aliphatic carbocycles. The molecule has 2 aromatic rings. The van der Waals surface area contributed by atoms with Gasteiger partial charge in [-0.2, -0.15) is 8.78 Å². The van der Waals surface area contributed by atoms with E-state index in [1.54, 1.807) is 24.3 Å². The van der Waals surface area contributed by atoms with Gasteiger partial charge in [0, 0.05) is 12.2 Å². The van der Waals surface area contributed by atoms with Crippen LogP contribution in [-0.4, -0.2) is 6.61 Å². The molecule has 0 saturated carbocycles. The lowest BCUT2D eigenvalue weighted by Crippen LogP contribution is -2.07. The number of hydrogen-bond donors (Lipinski definition) is 2. The Balaban J connectivity index is 2.09. The van der Waals surface area contributed by atoms with Crippen molar-refractivity contribution >= 4 is 11.4 Å². The fourth-order valence-electron chi connectivity index (χ4n) is 1.70. The van der Waals surface area contributed by atoms with Crippen LogP contribution in [0.2, 0.25) is 0 Å². The summed E-state index contributed by atoms with van der Waals surface area (Å²) in [4.78, 5) is 0. The maximum absolute atomic E-state index is 12.3. The smallest absolute Gasteiger partial charge is 0.387 e. The van der Waals surface area contributed by atoms with Gasteiger partial charge in [0.15, 0.2) is 0 Å². The highest BCUT2D eigenvalue weighted by Crippen LogP contribution is 2.26. The summed E-state index contributed by atoms with van der Waals surface area (Å²) >= 11 is 0. The third kappa shape index (κ3) is 3.58. The molecule has 0 radical (unpaired) electrons. The maximum atomic E-state index is 12.3. The monoisotopic (exact) mass is 264 g/mol.